The van der Waals surface area contributed by atoms with E-state index in [0.29, 0.717) is 11.3 Å². The third-order valence-electron chi connectivity index (χ3n) is 4.47. The summed E-state index contributed by atoms with van der Waals surface area (Å²) in [6.07, 6.45) is -4.99. The fourth-order valence-corrected chi connectivity index (χ4v) is 3.86. The summed E-state index contributed by atoms with van der Waals surface area (Å²) in [5, 5.41) is 5.35. The molecule has 0 aromatic heterocycles. The summed E-state index contributed by atoms with van der Waals surface area (Å²) < 4.78 is 37.5. The van der Waals surface area contributed by atoms with E-state index in [9.17, 15) is 22.8 Å². The first-order valence-corrected chi connectivity index (χ1v) is 10.7. The Morgan fingerprint density at radius 2 is 1.55 bits per heavy atom. The number of benzene rings is 3. The summed E-state index contributed by atoms with van der Waals surface area (Å²) in [5.74, 6) is -2.41. The lowest BCUT2D eigenvalue weighted by Gasteiger charge is -2.16. The summed E-state index contributed by atoms with van der Waals surface area (Å²) in [6.45, 7) is 1.60. The van der Waals surface area contributed by atoms with Crippen molar-refractivity contribution in [2.75, 3.05) is 5.32 Å². The molecule has 0 aliphatic rings. The monoisotopic (exact) mass is 471 g/mol. The van der Waals surface area contributed by atoms with Gasteiger partial charge in [-0.15, -0.1) is 11.8 Å². The third kappa shape index (κ3) is 6.95. The molecule has 33 heavy (non-hydrogen) atoms. The normalized spacial score (nSPS) is 12.7. The van der Waals surface area contributed by atoms with Crippen molar-refractivity contribution in [1.29, 1.82) is 0 Å². The zero-order valence-corrected chi connectivity index (χ0v) is 18.3. The molecular formula is C24H20F3N3O2S. The van der Waals surface area contributed by atoms with Gasteiger partial charge in [0.25, 0.3) is 5.91 Å². The van der Waals surface area contributed by atoms with Gasteiger partial charge in [0.15, 0.2) is 0 Å². The highest BCUT2D eigenvalue weighted by Gasteiger charge is 2.38. The number of hydrogen-bond donors (Lipinski definition) is 2. The topological polar surface area (TPSA) is 70.6 Å². The molecule has 0 spiro atoms. The Morgan fingerprint density at radius 1 is 0.909 bits per heavy atom. The number of anilines is 1. The second-order valence-corrected chi connectivity index (χ2v) is 8.11. The van der Waals surface area contributed by atoms with Crippen LogP contribution in [0, 0.1) is 0 Å². The van der Waals surface area contributed by atoms with E-state index in [1.54, 1.807) is 18.3 Å². The molecule has 0 saturated heterocycles. The molecule has 0 fully saturated rings. The van der Waals surface area contributed by atoms with Crippen LogP contribution in [0.3, 0.4) is 0 Å². The van der Waals surface area contributed by atoms with Gasteiger partial charge in [0.2, 0.25) is 0 Å². The third-order valence-corrected chi connectivity index (χ3v) is 5.73. The van der Waals surface area contributed by atoms with Gasteiger partial charge in [0, 0.05) is 10.6 Å². The largest absolute Gasteiger partial charge is 0.471 e. The van der Waals surface area contributed by atoms with E-state index in [1.807, 2.05) is 60.7 Å². The van der Waals surface area contributed by atoms with Gasteiger partial charge >= 0.3 is 12.1 Å². The number of nitrogens with zero attached hydrogens (tertiary/aromatic N) is 1. The maximum Gasteiger partial charge on any atom is 0.471 e. The molecule has 3 rings (SSSR count). The summed E-state index contributed by atoms with van der Waals surface area (Å²) in [4.78, 5) is 25.1. The van der Waals surface area contributed by atoms with E-state index in [4.69, 9.17) is 0 Å². The SMILES string of the molecule is CC(=NNC(=O)C(Sc1ccccc1)c1ccccc1)c1cccc(NC(=O)C(F)(F)F)c1. The van der Waals surface area contributed by atoms with Gasteiger partial charge in [-0.2, -0.15) is 18.3 Å². The second-order valence-electron chi connectivity index (χ2n) is 6.93. The molecule has 0 radical (unpaired) electrons. The zero-order chi connectivity index (χ0) is 23.8. The summed E-state index contributed by atoms with van der Waals surface area (Å²) in [5.41, 5.74) is 4.12. The Labute approximate surface area is 193 Å². The van der Waals surface area contributed by atoms with Crippen LogP contribution in [-0.4, -0.2) is 23.7 Å². The molecule has 0 bridgehead atoms. The average molecular weight is 472 g/mol. The number of hydrogen-bond acceptors (Lipinski definition) is 4. The predicted molar refractivity (Wildman–Crippen MR) is 123 cm³/mol. The fourth-order valence-electron chi connectivity index (χ4n) is 2.82. The summed E-state index contributed by atoms with van der Waals surface area (Å²) in [6, 6.07) is 24.5. The molecule has 2 N–H and O–H groups in total. The van der Waals surface area contributed by atoms with Crippen LogP contribution in [0.15, 0.2) is 94.9 Å². The highest BCUT2D eigenvalue weighted by Crippen LogP contribution is 2.35. The summed E-state index contributed by atoms with van der Waals surface area (Å²) in [7, 11) is 0. The molecule has 170 valence electrons. The number of carbonyl (C=O) groups excluding carboxylic acids is 2. The molecule has 3 aromatic carbocycles. The minimum absolute atomic E-state index is 0.0301. The highest BCUT2D eigenvalue weighted by molar-refractivity contribution is 8.00. The quantitative estimate of drug-likeness (QED) is 0.269. The number of nitrogens with one attached hydrogen (secondary N) is 2. The number of halogens is 3. The Balaban J connectivity index is 1.75. The van der Waals surface area contributed by atoms with Gasteiger partial charge in [-0.05, 0) is 42.3 Å². The van der Waals surface area contributed by atoms with Crippen molar-refractivity contribution in [3.05, 3.63) is 96.1 Å². The van der Waals surface area contributed by atoms with Crippen molar-refractivity contribution in [3.63, 3.8) is 0 Å². The van der Waals surface area contributed by atoms with Crippen molar-refractivity contribution >= 4 is 35.0 Å². The van der Waals surface area contributed by atoms with Gasteiger partial charge in [0.05, 0.1) is 5.71 Å². The maximum absolute atomic E-state index is 13.0. The van der Waals surface area contributed by atoms with Crippen LogP contribution in [0.25, 0.3) is 0 Å². The number of amides is 2. The van der Waals surface area contributed by atoms with E-state index in [2.05, 4.69) is 10.5 Å². The van der Waals surface area contributed by atoms with E-state index < -0.39 is 17.3 Å². The van der Waals surface area contributed by atoms with Crippen LogP contribution in [0.5, 0.6) is 0 Å². The number of carbonyl (C=O) groups is 2. The maximum atomic E-state index is 13.0. The van der Waals surface area contributed by atoms with Crippen molar-refractivity contribution < 1.29 is 22.8 Å². The van der Waals surface area contributed by atoms with Crippen LogP contribution in [-0.2, 0) is 9.59 Å². The molecule has 1 atom stereocenters. The first-order chi connectivity index (χ1) is 15.7. The standard InChI is InChI=1S/C24H20F3N3O2S/c1-16(18-11-8-12-19(15-18)28-23(32)24(25,26)27)29-30-22(31)21(17-9-4-2-5-10-17)33-20-13-6-3-7-14-20/h2-15,21H,1H3,(H,28,32)(H,30,31). The van der Waals surface area contributed by atoms with Crippen molar-refractivity contribution in [3.8, 4) is 0 Å². The van der Waals surface area contributed by atoms with E-state index in [1.165, 1.54) is 30.0 Å². The molecule has 0 saturated carbocycles. The van der Waals surface area contributed by atoms with Gasteiger partial charge < -0.3 is 5.32 Å². The minimum atomic E-state index is -4.99. The Bertz CT molecular complexity index is 1140. The Hall–Kier alpha value is -3.59. The molecule has 9 heteroatoms. The van der Waals surface area contributed by atoms with Crippen LogP contribution < -0.4 is 10.7 Å². The molecule has 3 aromatic rings. The van der Waals surface area contributed by atoms with E-state index in [0.717, 1.165) is 10.5 Å². The van der Waals surface area contributed by atoms with Crippen molar-refractivity contribution in [2.45, 2.75) is 23.2 Å². The lowest BCUT2D eigenvalue weighted by Crippen LogP contribution is -2.30. The number of hydrazone groups is 1. The van der Waals surface area contributed by atoms with Crippen molar-refractivity contribution in [2.24, 2.45) is 5.10 Å². The predicted octanol–water partition coefficient (Wildman–Crippen LogP) is 5.56. The minimum Gasteiger partial charge on any atom is -0.318 e. The lowest BCUT2D eigenvalue weighted by atomic mass is 10.1. The Morgan fingerprint density at radius 3 is 2.18 bits per heavy atom. The van der Waals surface area contributed by atoms with Crippen LogP contribution in [0.1, 0.15) is 23.3 Å². The van der Waals surface area contributed by atoms with Crippen molar-refractivity contribution in [1.82, 2.24) is 5.43 Å². The number of thioether (sulfide) groups is 1. The molecule has 5 nitrogen and oxygen atoms in total. The summed E-state index contributed by atoms with van der Waals surface area (Å²) >= 11 is 1.37. The van der Waals surface area contributed by atoms with Gasteiger partial charge in [-0.1, -0.05) is 60.7 Å². The van der Waals surface area contributed by atoms with Gasteiger partial charge in [0.1, 0.15) is 5.25 Å². The average Bonchev–Trinajstić information content (AvgIpc) is 2.81. The number of alkyl halides is 3. The molecule has 2 amide bonds. The van der Waals surface area contributed by atoms with Crippen LogP contribution in [0.2, 0.25) is 0 Å². The molecule has 0 aliphatic carbocycles. The zero-order valence-electron chi connectivity index (χ0n) is 17.5. The second kappa shape index (κ2) is 10.8. The first-order valence-electron chi connectivity index (χ1n) is 9.83. The highest BCUT2D eigenvalue weighted by atomic mass is 32.2. The van der Waals surface area contributed by atoms with Gasteiger partial charge in [-0.3, -0.25) is 9.59 Å². The van der Waals surface area contributed by atoms with Crippen LogP contribution >= 0.6 is 11.8 Å². The van der Waals surface area contributed by atoms with Crippen LogP contribution in [0.4, 0.5) is 18.9 Å². The number of rotatable bonds is 7. The molecule has 0 aliphatic heterocycles. The van der Waals surface area contributed by atoms with Gasteiger partial charge in [-0.25, -0.2) is 5.43 Å². The first kappa shape index (κ1) is 24.1. The van der Waals surface area contributed by atoms with E-state index >= 15 is 0 Å². The molecule has 0 heterocycles. The molecule has 1 unspecified atom stereocenters. The fraction of sp³-hybridized carbons (Fsp3) is 0.125. The Kier molecular flexibility index (Phi) is 7.89. The smallest absolute Gasteiger partial charge is 0.318 e. The van der Waals surface area contributed by atoms with E-state index in [-0.39, 0.29) is 11.6 Å². The lowest BCUT2D eigenvalue weighted by molar-refractivity contribution is -0.167. The molecular weight excluding hydrogens is 451 g/mol.